The smallest absolute Gasteiger partial charge is 0.220 e. The predicted octanol–water partition coefficient (Wildman–Crippen LogP) is 2.09. The van der Waals surface area contributed by atoms with E-state index in [0.717, 1.165) is 5.69 Å². The van der Waals surface area contributed by atoms with E-state index < -0.39 is 0 Å². The van der Waals surface area contributed by atoms with Crippen LogP contribution in [0, 0.1) is 13.8 Å². The molecular formula is C12H14N2O2S. The number of rotatable bonds is 3. The van der Waals surface area contributed by atoms with Crippen molar-refractivity contribution in [3.05, 3.63) is 40.1 Å². The van der Waals surface area contributed by atoms with Crippen LogP contribution in [0.5, 0.6) is 0 Å². The number of nitrogens with one attached hydrogen (secondary N) is 1. The molecule has 0 atom stereocenters. The first kappa shape index (κ1) is 12.0. The molecule has 0 aromatic heterocycles. The van der Waals surface area contributed by atoms with Gasteiger partial charge in [0.1, 0.15) is 5.03 Å². The molecule has 0 unspecified atom stereocenters. The first-order valence-corrected chi connectivity index (χ1v) is 6.21. The number of ketones is 1. The average molecular weight is 250 g/mol. The molecule has 17 heavy (non-hydrogen) atoms. The quantitative estimate of drug-likeness (QED) is 0.804. The van der Waals surface area contributed by atoms with E-state index in [1.54, 1.807) is 0 Å². The summed E-state index contributed by atoms with van der Waals surface area (Å²) in [5.41, 5.74) is 3.36. The summed E-state index contributed by atoms with van der Waals surface area (Å²) in [4.78, 5) is 16.0. The third-order valence-corrected chi connectivity index (χ3v) is 3.67. The van der Waals surface area contributed by atoms with Crippen molar-refractivity contribution in [1.82, 2.24) is 0 Å². The number of Topliss-reactive ketones (excluding diaryl/α,β-unsaturated/α-hetero) is 1. The lowest BCUT2D eigenvalue weighted by molar-refractivity contribution is -0.116. The zero-order valence-corrected chi connectivity index (χ0v) is 10.6. The minimum atomic E-state index is -0.0798. The lowest BCUT2D eigenvalue weighted by Crippen LogP contribution is -2.10. The molecule has 1 aromatic carbocycles. The van der Waals surface area contributed by atoms with Crippen LogP contribution < -0.4 is 11.2 Å². The summed E-state index contributed by atoms with van der Waals surface area (Å²) in [7, 11) is 0. The maximum atomic E-state index is 11.4. The number of allylic oxidation sites excluding steroid dienone is 1. The van der Waals surface area contributed by atoms with Crippen LogP contribution in [-0.4, -0.2) is 11.5 Å². The monoisotopic (exact) mass is 250 g/mol. The first-order valence-electron chi connectivity index (χ1n) is 5.23. The molecule has 0 spiro atoms. The number of benzene rings is 1. The van der Waals surface area contributed by atoms with E-state index in [1.807, 2.05) is 25.1 Å². The molecule has 2 rings (SSSR count). The van der Waals surface area contributed by atoms with E-state index in [4.69, 9.17) is 5.90 Å². The molecule has 0 saturated heterocycles. The highest BCUT2D eigenvalue weighted by molar-refractivity contribution is 8.04. The van der Waals surface area contributed by atoms with Gasteiger partial charge in [0.2, 0.25) is 11.5 Å². The first-order chi connectivity index (χ1) is 8.11. The van der Waals surface area contributed by atoms with Gasteiger partial charge in [0.05, 0.1) is 5.75 Å². The maximum Gasteiger partial charge on any atom is 0.220 e. The van der Waals surface area contributed by atoms with E-state index in [1.165, 1.54) is 22.9 Å². The minimum absolute atomic E-state index is 0.0798. The molecule has 5 heteroatoms. The van der Waals surface area contributed by atoms with Crippen molar-refractivity contribution < 1.29 is 9.63 Å². The largest absolute Gasteiger partial charge is 0.405 e. The second-order valence-electron chi connectivity index (χ2n) is 3.91. The third-order valence-electron chi connectivity index (χ3n) is 2.69. The van der Waals surface area contributed by atoms with Crippen LogP contribution in [0.3, 0.4) is 0 Å². The average Bonchev–Trinajstić information content (AvgIpc) is 2.64. The molecule has 3 N–H and O–H groups in total. The molecule has 1 aliphatic heterocycles. The van der Waals surface area contributed by atoms with Crippen LogP contribution in [0.25, 0.3) is 0 Å². The SMILES string of the molecule is Cc1ccc(NC2=C(ON)C(=O)CS2)cc1C. The van der Waals surface area contributed by atoms with Crippen molar-refractivity contribution in [3.8, 4) is 0 Å². The van der Waals surface area contributed by atoms with Crippen LogP contribution in [0.2, 0.25) is 0 Å². The molecular weight excluding hydrogens is 236 g/mol. The Morgan fingerprint density at radius 2 is 2.12 bits per heavy atom. The normalized spacial score (nSPS) is 15.4. The third kappa shape index (κ3) is 2.45. The fourth-order valence-corrected chi connectivity index (χ4v) is 2.45. The van der Waals surface area contributed by atoms with Crippen LogP contribution >= 0.6 is 11.8 Å². The Labute approximate surface area is 104 Å². The van der Waals surface area contributed by atoms with Gasteiger partial charge in [-0.2, -0.15) is 5.90 Å². The topological polar surface area (TPSA) is 64.3 Å². The molecule has 4 nitrogen and oxygen atoms in total. The van der Waals surface area contributed by atoms with Crippen molar-refractivity contribution in [1.29, 1.82) is 0 Å². The zero-order valence-electron chi connectivity index (χ0n) is 9.74. The summed E-state index contributed by atoms with van der Waals surface area (Å²) in [6.45, 7) is 4.10. The number of carbonyl (C=O) groups is 1. The molecule has 90 valence electrons. The molecule has 1 aliphatic rings. The molecule has 1 aromatic rings. The Morgan fingerprint density at radius 1 is 1.35 bits per heavy atom. The van der Waals surface area contributed by atoms with Gasteiger partial charge in [0.15, 0.2) is 0 Å². The Bertz CT molecular complexity index is 497. The molecule has 0 aliphatic carbocycles. The summed E-state index contributed by atoms with van der Waals surface area (Å²) >= 11 is 1.40. The second kappa shape index (κ2) is 4.81. The number of nitrogens with two attached hydrogens (primary N) is 1. The van der Waals surface area contributed by atoms with Crippen molar-refractivity contribution in [2.75, 3.05) is 11.1 Å². The van der Waals surface area contributed by atoms with Crippen LogP contribution in [0.1, 0.15) is 11.1 Å². The van der Waals surface area contributed by atoms with Crippen LogP contribution in [-0.2, 0) is 9.63 Å². The van der Waals surface area contributed by atoms with Gasteiger partial charge in [0.25, 0.3) is 0 Å². The highest BCUT2D eigenvalue weighted by Gasteiger charge is 2.25. The van der Waals surface area contributed by atoms with Gasteiger partial charge >= 0.3 is 0 Å². The lowest BCUT2D eigenvalue weighted by Gasteiger charge is -2.09. The van der Waals surface area contributed by atoms with Crippen molar-refractivity contribution in [3.63, 3.8) is 0 Å². The highest BCUT2D eigenvalue weighted by Crippen LogP contribution is 2.30. The lowest BCUT2D eigenvalue weighted by atomic mass is 10.1. The summed E-state index contributed by atoms with van der Waals surface area (Å²) in [5, 5.41) is 3.84. The summed E-state index contributed by atoms with van der Waals surface area (Å²) < 4.78 is 0. The van der Waals surface area contributed by atoms with Crippen LogP contribution in [0.15, 0.2) is 29.0 Å². The summed E-state index contributed by atoms with van der Waals surface area (Å²) in [5.74, 6) is 5.60. The van der Waals surface area contributed by atoms with Gasteiger partial charge in [-0.1, -0.05) is 17.8 Å². The number of aryl methyl sites for hydroxylation is 2. The summed E-state index contributed by atoms with van der Waals surface area (Å²) in [6, 6.07) is 6.02. The Balaban J connectivity index is 2.23. The number of hydrogen-bond acceptors (Lipinski definition) is 5. The van der Waals surface area contributed by atoms with Gasteiger partial charge in [-0.15, -0.1) is 0 Å². The van der Waals surface area contributed by atoms with Gasteiger partial charge in [0, 0.05) is 5.69 Å². The van der Waals surface area contributed by atoms with Crippen molar-refractivity contribution in [2.24, 2.45) is 5.90 Å². The van der Waals surface area contributed by atoms with Crippen molar-refractivity contribution in [2.45, 2.75) is 13.8 Å². The van der Waals surface area contributed by atoms with Gasteiger partial charge in [-0.05, 0) is 37.1 Å². The Kier molecular flexibility index (Phi) is 3.40. The fourth-order valence-electron chi connectivity index (χ4n) is 1.56. The molecule has 0 saturated carbocycles. The fraction of sp³-hybridized carbons (Fsp3) is 0.250. The number of anilines is 1. The number of hydrogen-bond donors (Lipinski definition) is 2. The number of carbonyl (C=O) groups excluding carboxylic acids is 1. The standard InChI is InChI=1S/C12H14N2O2S/c1-7-3-4-9(5-8(7)2)14-12-11(16-13)10(15)6-17-12/h3-5,14H,6,13H2,1-2H3. The molecule has 0 amide bonds. The summed E-state index contributed by atoms with van der Waals surface area (Å²) in [6.07, 6.45) is 0. The number of thioether (sulfide) groups is 1. The van der Waals surface area contributed by atoms with E-state index in [-0.39, 0.29) is 11.5 Å². The van der Waals surface area contributed by atoms with E-state index >= 15 is 0 Å². The zero-order chi connectivity index (χ0) is 12.4. The Hall–Kier alpha value is -1.46. The maximum absolute atomic E-state index is 11.4. The van der Waals surface area contributed by atoms with Crippen LogP contribution in [0.4, 0.5) is 5.69 Å². The predicted molar refractivity (Wildman–Crippen MR) is 69.3 cm³/mol. The van der Waals surface area contributed by atoms with E-state index in [2.05, 4.69) is 17.1 Å². The van der Waals surface area contributed by atoms with Gasteiger partial charge in [-0.3, -0.25) is 4.79 Å². The molecule has 1 heterocycles. The molecule has 0 radical (unpaired) electrons. The van der Waals surface area contributed by atoms with E-state index in [0.29, 0.717) is 10.8 Å². The molecule has 0 bridgehead atoms. The highest BCUT2D eigenvalue weighted by atomic mass is 32.2. The Morgan fingerprint density at radius 3 is 2.76 bits per heavy atom. The van der Waals surface area contributed by atoms with Crippen molar-refractivity contribution >= 4 is 23.2 Å². The second-order valence-corrected chi connectivity index (χ2v) is 4.90. The van der Waals surface area contributed by atoms with Gasteiger partial charge in [-0.25, -0.2) is 0 Å². The molecule has 0 fully saturated rings. The van der Waals surface area contributed by atoms with E-state index in [9.17, 15) is 4.79 Å². The minimum Gasteiger partial charge on any atom is -0.405 e. The van der Waals surface area contributed by atoms with Gasteiger partial charge < -0.3 is 10.2 Å².